The van der Waals surface area contributed by atoms with Crippen LogP contribution in [0.5, 0.6) is 0 Å². The van der Waals surface area contributed by atoms with Gasteiger partial charge in [-0.1, -0.05) is 12.1 Å². The molecule has 0 spiro atoms. The Kier molecular flexibility index (Phi) is 3.69. The minimum Gasteiger partial charge on any atom is -0.398 e. The Morgan fingerprint density at radius 3 is 2.75 bits per heavy atom. The maximum Gasteiger partial charge on any atom is 0.255 e. The van der Waals surface area contributed by atoms with Gasteiger partial charge in [0.2, 0.25) is 0 Å². The molecule has 1 saturated heterocycles. The van der Waals surface area contributed by atoms with Crippen molar-refractivity contribution in [2.45, 2.75) is 18.8 Å². The number of amides is 1. The highest BCUT2D eigenvalue weighted by Crippen LogP contribution is 2.33. The van der Waals surface area contributed by atoms with E-state index in [4.69, 9.17) is 5.73 Å². The average molecular weight is 320 g/mol. The van der Waals surface area contributed by atoms with Crippen LogP contribution in [0.3, 0.4) is 0 Å². The Morgan fingerprint density at radius 1 is 1.17 bits per heavy atom. The molecule has 0 saturated carbocycles. The molecule has 0 radical (unpaired) electrons. The third-order valence-electron chi connectivity index (χ3n) is 4.90. The minimum absolute atomic E-state index is 0.0344. The molecule has 24 heavy (non-hydrogen) atoms. The molecule has 0 aliphatic carbocycles. The summed E-state index contributed by atoms with van der Waals surface area (Å²) in [5.41, 5.74) is 9.33. The Bertz CT molecular complexity index is 878. The van der Waals surface area contributed by atoms with E-state index in [9.17, 15) is 4.79 Å². The summed E-state index contributed by atoms with van der Waals surface area (Å²) in [6, 6.07) is 11.4. The Hall–Kier alpha value is -2.82. The average Bonchev–Trinajstić information content (AvgIpc) is 3.06. The first-order valence-electron chi connectivity index (χ1n) is 8.30. The molecule has 5 nitrogen and oxygen atoms in total. The fourth-order valence-electron chi connectivity index (χ4n) is 3.57. The summed E-state index contributed by atoms with van der Waals surface area (Å²) < 4.78 is 0. The molecular weight excluding hydrogens is 300 g/mol. The monoisotopic (exact) mass is 320 g/mol. The van der Waals surface area contributed by atoms with E-state index >= 15 is 0 Å². The van der Waals surface area contributed by atoms with Gasteiger partial charge in [0.25, 0.3) is 5.91 Å². The predicted octanol–water partition coefficient (Wildman–Crippen LogP) is 3.16. The van der Waals surface area contributed by atoms with Gasteiger partial charge in [-0.25, -0.2) is 4.98 Å². The third-order valence-corrected chi connectivity index (χ3v) is 4.90. The normalized spacial score (nSPS) is 15.8. The van der Waals surface area contributed by atoms with E-state index in [0.29, 0.717) is 17.2 Å². The van der Waals surface area contributed by atoms with Crippen molar-refractivity contribution < 1.29 is 4.79 Å². The number of para-hydroxylation sites is 1. The summed E-state index contributed by atoms with van der Waals surface area (Å²) in [5.74, 6) is 0.493. The lowest BCUT2D eigenvalue weighted by Crippen LogP contribution is -2.38. The second-order valence-corrected chi connectivity index (χ2v) is 6.30. The molecule has 2 aromatic heterocycles. The number of benzene rings is 1. The highest BCUT2D eigenvalue weighted by atomic mass is 16.2. The fourth-order valence-corrected chi connectivity index (χ4v) is 3.57. The van der Waals surface area contributed by atoms with Gasteiger partial charge < -0.3 is 15.6 Å². The molecule has 3 N–H and O–H groups in total. The van der Waals surface area contributed by atoms with Crippen LogP contribution in [0.25, 0.3) is 11.0 Å². The van der Waals surface area contributed by atoms with E-state index in [1.165, 1.54) is 10.9 Å². The number of nitrogens with zero attached hydrogens (tertiary/aromatic N) is 2. The van der Waals surface area contributed by atoms with Crippen LogP contribution < -0.4 is 5.73 Å². The first-order chi connectivity index (χ1) is 11.7. The number of nitrogens with two attached hydrogens (primary N) is 1. The number of aromatic amines is 1. The molecule has 0 unspecified atom stereocenters. The van der Waals surface area contributed by atoms with E-state index in [2.05, 4.69) is 22.2 Å². The van der Waals surface area contributed by atoms with Crippen LogP contribution in [-0.2, 0) is 0 Å². The second-order valence-electron chi connectivity index (χ2n) is 6.30. The van der Waals surface area contributed by atoms with Crippen molar-refractivity contribution in [3.63, 3.8) is 0 Å². The lowest BCUT2D eigenvalue weighted by Gasteiger charge is -2.32. The lowest BCUT2D eigenvalue weighted by atomic mass is 9.89. The number of carbonyl (C=O) groups excluding carboxylic acids is 1. The topological polar surface area (TPSA) is 75.0 Å². The van der Waals surface area contributed by atoms with Gasteiger partial charge in [0, 0.05) is 36.6 Å². The molecule has 1 fully saturated rings. The van der Waals surface area contributed by atoms with Gasteiger partial charge in [0.05, 0.1) is 5.56 Å². The van der Waals surface area contributed by atoms with Crippen molar-refractivity contribution in [1.82, 2.24) is 14.9 Å². The smallest absolute Gasteiger partial charge is 0.255 e. The van der Waals surface area contributed by atoms with Crippen LogP contribution in [0.2, 0.25) is 0 Å². The number of hydrogen-bond donors (Lipinski definition) is 2. The molecule has 122 valence electrons. The number of pyridine rings is 1. The Morgan fingerprint density at radius 2 is 1.96 bits per heavy atom. The SMILES string of the molecule is Nc1ccccc1C(=O)N1CCC(c2c[nH]c3ncccc23)CC1. The van der Waals surface area contributed by atoms with Crippen LogP contribution in [-0.4, -0.2) is 33.9 Å². The molecular formula is C19H20N4O. The summed E-state index contributed by atoms with van der Waals surface area (Å²) in [6.45, 7) is 1.51. The van der Waals surface area contributed by atoms with Crippen LogP contribution >= 0.6 is 0 Å². The Labute approximate surface area is 140 Å². The number of likely N-dealkylation sites (tertiary alicyclic amines) is 1. The third kappa shape index (κ3) is 2.52. The van der Waals surface area contributed by atoms with Crippen molar-refractivity contribution in [2.75, 3.05) is 18.8 Å². The summed E-state index contributed by atoms with van der Waals surface area (Å²) in [4.78, 5) is 22.2. The summed E-state index contributed by atoms with van der Waals surface area (Å²) in [5, 5.41) is 1.19. The van der Waals surface area contributed by atoms with Crippen molar-refractivity contribution in [2.24, 2.45) is 0 Å². The molecule has 1 aliphatic heterocycles. The van der Waals surface area contributed by atoms with E-state index in [0.717, 1.165) is 31.6 Å². The molecule has 5 heteroatoms. The number of carbonyl (C=O) groups is 1. The van der Waals surface area contributed by atoms with Gasteiger partial charge in [0.15, 0.2) is 0 Å². The highest BCUT2D eigenvalue weighted by molar-refractivity contribution is 5.99. The number of rotatable bonds is 2. The van der Waals surface area contributed by atoms with Gasteiger partial charge >= 0.3 is 0 Å². The summed E-state index contributed by atoms with van der Waals surface area (Å²) in [7, 11) is 0. The summed E-state index contributed by atoms with van der Waals surface area (Å²) >= 11 is 0. The number of nitrogen functional groups attached to an aromatic ring is 1. The van der Waals surface area contributed by atoms with Gasteiger partial charge in [-0.3, -0.25) is 4.79 Å². The Balaban J connectivity index is 1.49. The van der Waals surface area contributed by atoms with Gasteiger partial charge in [-0.15, -0.1) is 0 Å². The number of hydrogen-bond acceptors (Lipinski definition) is 3. The molecule has 1 aliphatic rings. The van der Waals surface area contributed by atoms with Gasteiger partial charge in [0.1, 0.15) is 5.65 Å². The van der Waals surface area contributed by atoms with E-state index in [1.807, 2.05) is 23.1 Å². The standard InChI is InChI=1S/C19H20N4O/c20-17-6-2-1-4-15(17)19(24)23-10-7-13(8-11-23)16-12-22-18-14(16)5-3-9-21-18/h1-6,9,12-13H,7-8,10-11,20H2,(H,21,22). The molecule has 0 atom stereocenters. The zero-order valence-electron chi connectivity index (χ0n) is 13.4. The largest absolute Gasteiger partial charge is 0.398 e. The molecule has 1 aromatic carbocycles. The van der Waals surface area contributed by atoms with Gasteiger partial charge in [-0.05, 0) is 48.6 Å². The zero-order chi connectivity index (χ0) is 16.5. The van der Waals surface area contributed by atoms with Gasteiger partial charge in [-0.2, -0.15) is 0 Å². The van der Waals surface area contributed by atoms with Crippen LogP contribution in [0, 0.1) is 0 Å². The molecule has 1 amide bonds. The number of H-pyrrole nitrogens is 1. The maximum absolute atomic E-state index is 12.7. The van der Waals surface area contributed by atoms with Crippen LogP contribution in [0.1, 0.15) is 34.7 Å². The predicted molar refractivity (Wildman–Crippen MR) is 94.8 cm³/mol. The molecule has 4 rings (SSSR count). The number of aromatic nitrogens is 2. The highest BCUT2D eigenvalue weighted by Gasteiger charge is 2.26. The van der Waals surface area contributed by atoms with Crippen molar-refractivity contribution in [3.8, 4) is 0 Å². The summed E-state index contributed by atoms with van der Waals surface area (Å²) in [6.07, 6.45) is 5.78. The first-order valence-corrected chi connectivity index (χ1v) is 8.30. The lowest BCUT2D eigenvalue weighted by molar-refractivity contribution is 0.0714. The van der Waals surface area contributed by atoms with Crippen molar-refractivity contribution in [3.05, 3.63) is 59.9 Å². The quantitative estimate of drug-likeness (QED) is 0.712. The van der Waals surface area contributed by atoms with Crippen molar-refractivity contribution >= 4 is 22.6 Å². The molecule has 3 heterocycles. The number of anilines is 1. The second kappa shape index (κ2) is 6.00. The fraction of sp³-hybridized carbons (Fsp3) is 0.263. The first kappa shape index (κ1) is 14.8. The molecule has 3 aromatic rings. The minimum atomic E-state index is 0.0344. The number of fused-ring (bicyclic) bond motifs is 1. The van der Waals surface area contributed by atoms with Crippen molar-refractivity contribution in [1.29, 1.82) is 0 Å². The maximum atomic E-state index is 12.7. The van der Waals surface area contributed by atoms with Crippen LogP contribution in [0.15, 0.2) is 48.8 Å². The van der Waals surface area contributed by atoms with E-state index in [-0.39, 0.29) is 5.91 Å². The molecule has 0 bridgehead atoms. The van der Waals surface area contributed by atoms with Crippen LogP contribution in [0.4, 0.5) is 5.69 Å². The van der Waals surface area contributed by atoms with E-state index in [1.54, 1.807) is 18.3 Å². The zero-order valence-corrected chi connectivity index (χ0v) is 13.4. The number of piperidine rings is 1. The van der Waals surface area contributed by atoms with E-state index < -0.39 is 0 Å². The number of nitrogens with one attached hydrogen (secondary N) is 1.